The molecule has 0 bridgehead atoms. The number of aryl methyl sites for hydroxylation is 1. The van der Waals surface area contributed by atoms with Gasteiger partial charge in [0.25, 0.3) is 5.89 Å². The Morgan fingerprint density at radius 1 is 1.12 bits per heavy atom. The molecule has 1 aliphatic heterocycles. The van der Waals surface area contributed by atoms with E-state index in [0.717, 1.165) is 36.2 Å². The Morgan fingerprint density at radius 2 is 1.94 bits per heavy atom. The summed E-state index contributed by atoms with van der Waals surface area (Å²) in [7, 11) is 0. The minimum atomic E-state index is -0.200. The summed E-state index contributed by atoms with van der Waals surface area (Å²) in [4.78, 5) is 28.3. The van der Waals surface area contributed by atoms with Crippen LogP contribution in [0, 0.1) is 0 Å². The second-order valence-corrected chi connectivity index (χ2v) is 9.62. The van der Waals surface area contributed by atoms with Gasteiger partial charge in [0, 0.05) is 31.1 Å². The number of pyridine rings is 1. The minimum Gasteiger partial charge on any atom is -0.343 e. The van der Waals surface area contributed by atoms with E-state index in [1.165, 1.54) is 4.70 Å². The molecule has 1 aliphatic rings. The Hall–Kier alpha value is -3.13. The number of thiazole rings is 1. The number of para-hydroxylation sites is 1. The zero-order chi connectivity index (χ0) is 22.0. The first-order valence-electron chi connectivity index (χ1n) is 11.0. The summed E-state index contributed by atoms with van der Waals surface area (Å²) in [5, 5.41) is 5.33. The molecule has 0 unspecified atom stereocenters. The third-order valence-corrected chi connectivity index (χ3v) is 7.29. The molecule has 1 fully saturated rings. The number of carbonyl (C=O) groups excluding carboxylic acids is 1. The number of benzene rings is 1. The van der Waals surface area contributed by atoms with Crippen molar-refractivity contribution in [2.75, 3.05) is 13.1 Å². The van der Waals surface area contributed by atoms with Gasteiger partial charge in [-0.3, -0.25) is 9.78 Å². The highest BCUT2D eigenvalue weighted by atomic mass is 32.1. The lowest BCUT2D eigenvalue weighted by atomic mass is 9.79. The summed E-state index contributed by atoms with van der Waals surface area (Å²) in [6, 6.07) is 13.8. The van der Waals surface area contributed by atoms with Crippen molar-refractivity contribution in [3.8, 4) is 11.6 Å². The first-order chi connectivity index (χ1) is 15.6. The predicted molar refractivity (Wildman–Crippen MR) is 123 cm³/mol. The Morgan fingerprint density at radius 3 is 2.72 bits per heavy atom. The maximum Gasteiger partial charge on any atom is 0.276 e. The molecule has 0 atom stereocenters. The Bertz CT molecular complexity index is 1180. The summed E-state index contributed by atoms with van der Waals surface area (Å²) in [6.07, 6.45) is 5.57. The zero-order valence-electron chi connectivity index (χ0n) is 18.0. The fourth-order valence-electron chi connectivity index (χ4n) is 4.11. The molecule has 0 spiro atoms. The van der Waals surface area contributed by atoms with Crippen LogP contribution in [-0.2, 0) is 16.6 Å². The van der Waals surface area contributed by atoms with Gasteiger partial charge in [-0.1, -0.05) is 30.3 Å². The number of fused-ring (bicyclic) bond motifs is 1. The molecular weight excluding hydrogens is 422 g/mol. The van der Waals surface area contributed by atoms with Crippen molar-refractivity contribution in [1.29, 1.82) is 0 Å². The summed E-state index contributed by atoms with van der Waals surface area (Å²) >= 11 is 1.72. The molecule has 0 radical (unpaired) electrons. The number of hydrogen-bond acceptors (Lipinski definition) is 7. The van der Waals surface area contributed by atoms with Gasteiger partial charge >= 0.3 is 0 Å². The topological polar surface area (TPSA) is 85.0 Å². The van der Waals surface area contributed by atoms with Crippen molar-refractivity contribution in [2.24, 2.45) is 0 Å². The van der Waals surface area contributed by atoms with E-state index in [1.54, 1.807) is 17.5 Å². The van der Waals surface area contributed by atoms with Gasteiger partial charge in [0.2, 0.25) is 5.91 Å². The fraction of sp³-hybridized carbons (Fsp3) is 0.375. The Balaban J connectivity index is 1.14. The third-order valence-electron chi connectivity index (χ3n) is 6.19. The first kappa shape index (κ1) is 20.8. The van der Waals surface area contributed by atoms with Crippen LogP contribution in [0.25, 0.3) is 21.8 Å². The lowest BCUT2D eigenvalue weighted by molar-refractivity contribution is -0.132. The standard InChI is InChI=1S/C24H25N5O2S/c1-24(23-27-22(31-28-23)18-8-4-5-14-25-18)12-15-29(16-13-24)21(30)11-6-10-20-26-17-7-2-3-9-19(17)32-20/h2-5,7-9,14H,6,10-13,15-16H2,1H3. The van der Waals surface area contributed by atoms with Crippen molar-refractivity contribution >= 4 is 27.5 Å². The fourth-order valence-corrected chi connectivity index (χ4v) is 5.12. The van der Waals surface area contributed by atoms with Crippen LogP contribution in [0.2, 0.25) is 0 Å². The molecule has 4 aromatic rings. The Labute approximate surface area is 190 Å². The molecule has 1 saturated heterocycles. The van der Waals surface area contributed by atoms with Crippen LogP contribution in [0.4, 0.5) is 0 Å². The number of nitrogens with zero attached hydrogens (tertiary/aromatic N) is 5. The summed E-state index contributed by atoms with van der Waals surface area (Å²) in [5.74, 6) is 1.35. The zero-order valence-corrected chi connectivity index (χ0v) is 18.8. The highest BCUT2D eigenvalue weighted by Crippen LogP contribution is 2.34. The maximum atomic E-state index is 12.7. The monoisotopic (exact) mass is 447 g/mol. The van der Waals surface area contributed by atoms with Gasteiger partial charge in [0.05, 0.1) is 15.2 Å². The SMILES string of the molecule is CC1(c2noc(-c3ccccn3)n2)CCN(C(=O)CCCc2nc3ccccc3s2)CC1. The van der Waals surface area contributed by atoms with Gasteiger partial charge in [0.15, 0.2) is 5.82 Å². The quantitative estimate of drug-likeness (QED) is 0.428. The molecule has 1 aromatic carbocycles. The van der Waals surface area contributed by atoms with Crippen LogP contribution in [0.1, 0.15) is 43.4 Å². The van der Waals surface area contributed by atoms with Crippen LogP contribution in [0.5, 0.6) is 0 Å². The third kappa shape index (κ3) is 4.27. The summed E-state index contributed by atoms with van der Waals surface area (Å²) < 4.78 is 6.66. The van der Waals surface area contributed by atoms with E-state index in [4.69, 9.17) is 4.52 Å². The Kier molecular flexibility index (Phi) is 5.70. The van der Waals surface area contributed by atoms with E-state index in [0.29, 0.717) is 36.9 Å². The molecule has 5 rings (SSSR count). The van der Waals surface area contributed by atoms with E-state index in [2.05, 4.69) is 33.1 Å². The number of likely N-dealkylation sites (tertiary alicyclic amines) is 1. The van der Waals surface area contributed by atoms with Gasteiger partial charge in [-0.15, -0.1) is 11.3 Å². The molecule has 8 heteroatoms. The maximum absolute atomic E-state index is 12.7. The highest BCUT2D eigenvalue weighted by molar-refractivity contribution is 7.18. The number of rotatable bonds is 6. The van der Waals surface area contributed by atoms with Crippen molar-refractivity contribution in [1.82, 2.24) is 25.0 Å². The van der Waals surface area contributed by atoms with Gasteiger partial charge in [-0.05, 0) is 49.9 Å². The molecule has 3 aromatic heterocycles. The van der Waals surface area contributed by atoms with Crippen LogP contribution in [-0.4, -0.2) is 44.0 Å². The number of carbonyl (C=O) groups is 1. The van der Waals surface area contributed by atoms with Crippen molar-refractivity contribution in [2.45, 2.75) is 44.4 Å². The smallest absolute Gasteiger partial charge is 0.276 e. The highest BCUT2D eigenvalue weighted by Gasteiger charge is 2.37. The second kappa shape index (κ2) is 8.78. The van der Waals surface area contributed by atoms with Crippen molar-refractivity contribution in [3.05, 3.63) is 59.5 Å². The van der Waals surface area contributed by atoms with E-state index in [1.807, 2.05) is 41.3 Å². The normalized spacial score (nSPS) is 15.8. The van der Waals surface area contributed by atoms with Gasteiger partial charge in [-0.2, -0.15) is 4.98 Å². The summed E-state index contributed by atoms with van der Waals surface area (Å²) in [5.41, 5.74) is 1.52. The average Bonchev–Trinajstić information content (AvgIpc) is 3.48. The van der Waals surface area contributed by atoms with Crippen LogP contribution >= 0.6 is 11.3 Å². The average molecular weight is 448 g/mol. The lowest BCUT2D eigenvalue weighted by Crippen LogP contribution is -2.44. The molecule has 0 N–H and O–H groups in total. The number of aromatic nitrogens is 4. The van der Waals surface area contributed by atoms with Crippen LogP contribution in [0.3, 0.4) is 0 Å². The van der Waals surface area contributed by atoms with Crippen molar-refractivity contribution in [3.63, 3.8) is 0 Å². The summed E-state index contributed by atoms with van der Waals surface area (Å²) in [6.45, 7) is 3.57. The van der Waals surface area contributed by atoms with E-state index >= 15 is 0 Å². The van der Waals surface area contributed by atoms with Crippen LogP contribution in [0.15, 0.2) is 53.2 Å². The molecule has 0 saturated carbocycles. The van der Waals surface area contributed by atoms with Crippen molar-refractivity contribution < 1.29 is 9.32 Å². The molecule has 1 amide bonds. The van der Waals surface area contributed by atoms with E-state index < -0.39 is 0 Å². The molecule has 4 heterocycles. The van der Waals surface area contributed by atoms with E-state index in [9.17, 15) is 4.79 Å². The molecule has 164 valence electrons. The predicted octanol–water partition coefficient (Wildman–Crippen LogP) is 4.64. The number of piperidine rings is 1. The molecule has 7 nitrogen and oxygen atoms in total. The number of amides is 1. The molecule has 32 heavy (non-hydrogen) atoms. The first-order valence-corrected chi connectivity index (χ1v) is 11.8. The second-order valence-electron chi connectivity index (χ2n) is 8.51. The van der Waals surface area contributed by atoms with Gasteiger partial charge < -0.3 is 9.42 Å². The number of hydrogen-bond donors (Lipinski definition) is 0. The minimum absolute atomic E-state index is 0.200. The van der Waals surface area contributed by atoms with E-state index in [-0.39, 0.29) is 11.3 Å². The molecule has 0 aliphatic carbocycles. The van der Waals surface area contributed by atoms with Gasteiger partial charge in [-0.25, -0.2) is 4.98 Å². The van der Waals surface area contributed by atoms with Gasteiger partial charge in [0.1, 0.15) is 5.69 Å². The lowest BCUT2D eigenvalue weighted by Gasteiger charge is -2.37. The molecular formula is C24H25N5O2S. The largest absolute Gasteiger partial charge is 0.343 e. The van der Waals surface area contributed by atoms with Crippen LogP contribution < -0.4 is 0 Å².